The van der Waals surface area contributed by atoms with Crippen LogP contribution in [0.1, 0.15) is 16.9 Å². The highest BCUT2D eigenvalue weighted by Gasteiger charge is 2.30. The number of hydrogen-bond donors (Lipinski definition) is 1. The van der Waals surface area contributed by atoms with Crippen LogP contribution in [0.25, 0.3) is 11.3 Å². The number of nitrogens with one attached hydrogen (secondary N) is 1. The van der Waals surface area contributed by atoms with Gasteiger partial charge in [-0.25, -0.2) is 5.43 Å². The zero-order valence-electron chi connectivity index (χ0n) is 15.4. The number of rotatable bonds is 6. The molecule has 2 aromatic carbocycles. The average molecular weight is 402 g/mol. The number of ether oxygens (including phenoxy) is 1. The van der Waals surface area contributed by atoms with E-state index in [1.165, 1.54) is 30.5 Å². The van der Waals surface area contributed by atoms with Crippen LogP contribution in [0.5, 0.6) is 5.75 Å². The molecule has 0 spiro atoms. The van der Waals surface area contributed by atoms with E-state index in [9.17, 15) is 18.0 Å². The van der Waals surface area contributed by atoms with E-state index in [0.717, 1.165) is 17.7 Å². The first kappa shape index (κ1) is 20.2. The number of carbonyl (C=O) groups excluding carboxylic acids is 1. The Morgan fingerprint density at radius 3 is 2.62 bits per heavy atom. The van der Waals surface area contributed by atoms with E-state index in [1.807, 2.05) is 19.1 Å². The summed E-state index contributed by atoms with van der Waals surface area (Å²) in [4.78, 5) is 11.7. The van der Waals surface area contributed by atoms with Gasteiger partial charge in [0.05, 0.1) is 11.8 Å². The molecule has 5 nitrogen and oxygen atoms in total. The summed E-state index contributed by atoms with van der Waals surface area (Å²) in [7, 11) is 0. The topological polar surface area (TPSA) is 63.8 Å². The molecule has 8 heteroatoms. The highest BCUT2D eigenvalue weighted by atomic mass is 19.4. The van der Waals surface area contributed by atoms with Gasteiger partial charge in [-0.2, -0.15) is 18.3 Å². The zero-order valence-corrected chi connectivity index (χ0v) is 15.4. The van der Waals surface area contributed by atoms with Gasteiger partial charge >= 0.3 is 6.18 Å². The molecule has 0 unspecified atom stereocenters. The minimum Gasteiger partial charge on any atom is -0.484 e. The van der Waals surface area contributed by atoms with E-state index in [2.05, 4.69) is 10.5 Å². The van der Waals surface area contributed by atoms with E-state index in [1.54, 1.807) is 12.1 Å². The Morgan fingerprint density at radius 2 is 1.90 bits per heavy atom. The van der Waals surface area contributed by atoms with Crippen LogP contribution in [0.2, 0.25) is 0 Å². The Balaban J connectivity index is 1.55. The number of furan rings is 1. The van der Waals surface area contributed by atoms with Crippen molar-refractivity contribution >= 4 is 12.1 Å². The lowest BCUT2D eigenvalue weighted by Crippen LogP contribution is -2.24. The first-order valence-electron chi connectivity index (χ1n) is 8.60. The number of nitrogens with zero attached hydrogens (tertiary/aromatic N) is 1. The summed E-state index contributed by atoms with van der Waals surface area (Å²) in [6.45, 7) is 1.73. The van der Waals surface area contributed by atoms with Gasteiger partial charge in [-0.05, 0) is 43.3 Å². The normalized spacial score (nSPS) is 11.6. The fourth-order valence-electron chi connectivity index (χ4n) is 2.41. The maximum Gasteiger partial charge on any atom is 0.416 e. The van der Waals surface area contributed by atoms with E-state index in [0.29, 0.717) is 5.75 Å². The molecule has 0 fully saturated rings. The number of carbonyl (C=O) groups is 1. The van der Waals surface area contributed by atoms with E-state index in [-0.39, 0.29) is 23.7 Å². The molecule has 0 atom stereocenters. The Labute approximate surface area is 164 Å². The summed E-state index contributed by atoms with van der Waals surface area (Å²) in [5, 5.41) is 3.75. The lowest BCUT2D eigenvalue weighted by atomic mass is 10.1. The Bertz CT molecular complexity index is 1010. The molecule has 29 heavy (non-hydrogen) atoms. The van der Waals surface area contributed by atoms with Gasteiger partial charge in [0.15, 0.2) is 6.61 Å². The second-order valence-electron chi connectivity index (χ2n) is 6.18. The van der Waals surface area contributed by atoms with Crippen molar-refractivity contribution in [1.82, 2.24) is 5.43 Å². The summed E-state index contributed by atoms with van der Waals surface area (Å²) in [6, 6.07) is 15.1. The number of halogens is 3. The number of hydrazone groups is 1. The van der Waals surface area contributed by atoms with Crippen molar-refractivity contribution in [2.75, 3.05) is 6.61 Å². The van der Waals surface area contributed by atoms with Gasteiger partial charge in [0.25, 0.3) is 5.91 Å². The number of alkyl halides is 3. The lowest BCUT2D eigenvalue weighted by Gasteiger charge is -2.07. The van der Waals surface area contributed by atoms with Crippen LogP contribution in [0, 0.1) is 6.92 Å². The molecule has 1 amide bonds. The predicted molar refractivity (Wildman–Crippen MR) is 102 cm³/mol. The van der Waals surface area contributed by atoms with Gasteiger partial charge < -0.3 is 9.15 Å². The molecule has 0 aliphatic carbocycles. The monoisotopic (exact) mass is 402 g/mol. The van der Waals surface area contributed by atoms with Gasteiger partial charge in [-0.3, -0.25) is 4.79 Å². The molecule has 1 aromatic heterocycles. The number of amides is 1. The molecule has 0 aliphatic heterocycles. The lowest BCUT2D eigenvalue weighted by molar-refractivity contribution is -0.137. The first-order chi connectivity index (χ1) is 13.8. The molecule has 1 N–H and O–H groups in total. The molecule has 3 aromatic rings. The summed E-state index contributed by atoms with van der Waals surface area (Å²) in [6.07, 6.45) is -3.18. The van der Waals surface area contributed by atoms with Crippen LogP contribution in [-0.2, 0) is 11.0 Å². The molecule has 3 rings (SSSR count). The quantitative estimate of drug-likeness (QED) is 0.476. The Hall–Kier alpha value is -3.55. The SMILES string of the molecule is Cc1ccc(OCC(=O)N/N=C\c2ccc(-c3cccc(C(F)(F)F)c3)o2)cc1. The van der Waals surface area contributed by atoms with Gasteiger partial charge in [0.2, 0.25) is 0 Å². The number of hydrogen-bond acceptors (Lipinski definition) is 4. The summed E-state index contributed by atoms with van der Waals surface area (Å²) in [5.74, 6) is 0.627. The van der Waals surface area contributed by atoms with Crippen molar-refractivity contribution in [2.24, 2.45) is 5.10 Å². The van der Waals surface area contributed by atoms with Crippen molar-refractivity contribution in [3.05, 3.63) is 77.6 Å². The van der Waals surface area contributed by atoms with E-state index < -0.39 is 17.6 Å². The fraction of sp³-hybridized carbons (Fsp3) is 0.143. The molecular weight excluding hydrogens is 385 g/mol. The van der Waals surface area contributed by atoms with Crippen LogP contribution in [-0.4, -0.2) is 18.7 Å². The van der Waals surface area contributed by atoms with Gasteiger partial charge in [0, 0.05) is 5.56 Å². The fourth-order valence-corrected chi connectivity index (χ4v) is 2.41. The maximum absolute atomic E-state index is 12.8. The Kier molecular flexibility index (Phi) is 6.01. The maximum atomic E-state index is 12.8. The second-order valence-corrected chi connectivity index (χ2v) is 6.18. The van der Waals surface area contributed by atoms with Crippen LogP contribution in [0.3, 0.4) is 0 Å². The van der Waals surface area contributed by atoms with Gasteiger partial charge in [-0.1, -0.05) is 29.8 Å². The van der Waals surface area contributed by atoms with Crippen molar-refractivity contribution < 1.29 is 27.1 Å². The van der Waals surface area contributed by atoms with Crippen LogP contribution < -0.4 is 10.2 Å². The van der Waals surface area contributed by atoms with Gasteiger partial charge in [0.1, 0.15) is 17.3 Å². The summed E-state index contributed by atoms with van der Waals surface area (Å²) < 4.78 is 49.2. The van der Waals surface area contributed by atoms with Crippen LogP contribution in [0.15, 0.2) is 70.2 Å². The van der Waals surface area contributed by atoms with Crippen LogP contribution in [0.4, 0.5) is 13.2 Å². The first-order valence-corrected chi connectivity index (χ1v) is 8.60. The third-order valence-corrected chi connectivity index (χ3v) is 3.87. The van der Waals surface area contributed by atoms with Crippen LogP contribution >= 0.6 is 0 Å². The van der Waals surface area contributed by atoms with E-state index >= 15 is 0 Å². The largest absolute Gasteiger partial charge is 0.484 e. The van der Waals surface area contributed by atoms with Crippen molar-refractivity contribution in [3.8, 4) is 17.1 Å². The average Bonchev–Trinajstić information content (AvgIpc) is 3.16. The van der Waals surface area contributed by atoms with Gasteiger partial charge in [-0.15, -0.1) is 0 Å². The van der Waals surface area contributed by atoms with Crippen molar-refractivity contribution in [3.63, 3.8) is 0 Å². The molecule has 0 bridgehead atoms. The van der Waals surface area contributed by atoms with Crippen molar-refractivity contribution in [1.29, 1.82) is 0 Å². The standard InChI is InChI=1S/C21H17F3N2O3/c1-14-5-7-17(8-6-14)28-13-20(27)26-25-12-18-9-10-19(29-18)15-3-2-4-16(11-15)21(22,23)24/h2-12H,13H2,1H3,(H,26,27)/b25-12-. The van der Waals surface area contributed by atoms with Crippen molar-refractivity contribution in [2.45, 2.75) is 13.1 Å². The highest BCUT2D eigenvalue weighted by molar-refractivity contribution is 5.81. The molecule has 150 valence electrons. The summed E-state index contributed by atoms with van der Waals surface area (Å²) >= 11 is 0. The Morgan fingerprint density at radius 1 is 1.14 bits per heavy atom. The minimum atomic E-state index is -4.43. The number of benzene rings is 2. The molecular formula is C21H17F3N2O3. The zero-order chi connectivity index (χ0) is 20.9. The summed E-state index contributed by atoms with van der Waals surface area (Å²) in [5.41, 5.74) is 2.89. The predicted octanol–water partition coefficient (Wildman–Crippen LogP) is 4.80. The smallest absolute Gasteiger partial charge is 0.416 e. The van der Waals surface area contributed by atoms with E-state index in [4.69, 9.17) is 9.15 Å². The minimum absolute atomic E-state index is 0.214. The number of aryl methyl sites for hydroxylation is 1. The third-order valence-electron chi connectivity index (χ3n) is 3.87. The molecule has 0 aliphatic rings. The molecule has 1 heterocycles. The highest BCUT2D eigenvalue weighted by Crippen LogP contribution is 2.32. The molecule has 0 saturated heterocycles. The molecule has 0 radical (unpaired) electrons. The third kappa shape index (κ3) is 5.71. The second kappa shape index (κ2) is 8.64. The molecule has 0 saturated carbocycles.